The Labute approximate surface area is 195 Å². The van der Waals surface area contributed by atoms with E-state index in [1.807, 2.05) is 30.6 Å². The lowest BCUT2D eigenvalue weighted by atomic mass is 10.0. The van der Waals surface area contributed by atoms with E-state index in [1.165, 1.54) is 0 Å². The van der Waals surface area contributed by atoms with Gasteiger partial charge in [-0.05, 0) is 35.8 Å². The number of rotatable bonds is 8. The maximum atomic E-state index is 13.4. The van der Waals surface area contributed by atoms with Gasteiger partial charge in [0.15, 0.2) is 23.0 Å². The fourth-order valence-electron chi connectivity index (χ4n) is 3.84. The lowest BCUT2D eigenvalue weighted by Crippen LogP contribution is -2.32. The topological polar surface area (TPSA) is 69.6 Å². The number of nitrogens with zero attached hydrogens (tertiary/aromatic N) is 2. The van der Waals surface area contributed by atoms with Crippen molar-refractivity contribution in [2.75, 3.05) is 33.3 Å². The average Bonchev–Trinajstić information content (AvgIpc) is 3.21. The van der Waals surface area contributed by atoms with Crippen LogP contribution < -0.4 is 18.9 Å². The van der Waals surface area contributed by atoms with E-state index in [2.05, 4.69) is 20.9 Å². The van der Waals surface area contributed by atoms with Gasteiger partial charge in [0.05, 0.1) is 45.2 Å². The predicted molar refractivity (Wildman–Crippen MR) is 127 cm³/mol. The van der Waals surface area contributed by atoms with Gasteiger partial charge in [0.2, 0.25) is 0 Å². The smallest absolute Gasteiger partial charge is 0.260 e. The highest BCUT2D eigenvalue weighted by Gasteiger charge is 2.33. The summed E-state index contributed by atoms with van der Waals surface area (Å²) >= 11 is 3.40. The Kier molecular flexibility index (Phi) is 6.69. The molecule has 1 amide bonds. The van der Waals surface area contributed by atoms with Gasteiger partial charge in [0, 0.05) is 30.2 Å². The summed E-state index contributed by atoms with van der Waals surface area (Å²) in [5.74, 6) is 2.29. The molecule has 32 heavy (non-hydrogen) atoms. The zero-order valence-corrected chi connectivity index (χ0v) is 19.8. The maximum Gasteiger partial charge on any atom is 0.260 e. The van der Waals surface area contributed by atoms with E-state index < -0.39 is 0 Å². The Bertz CT molecular complexity index is 1080. The number of benzene rings is 2. The van der Waals surface area contributed by atoms with Crippen LogP contribution in [0.25, 0.3) is 5.57 Å². The molecular weight excluding hydrogens is 476 g/mol. The normalized spacial score (nSPS) is 16.8. The molecule has 0 saturated heterocycles. The van der Waals surface area contributed by atoms with Gasteiger partial charge in [0.25, 0.3) is 5.91 Å². The van der Waals surface area contributed by atoms with Crippen molar-refractivity contribution in [3.8, 4) is 23.0 Å². The molecule has 8 heteroatoms. The molecule has 0 bridgehead atoms. The quantitative estimate of drug-likeness (QED) is 0.382. The summed E-state index contributed by atoms with van der Waals surface area (Å²) in [6, 6.07) is 9.08. The van der Waals surface area contributed by atoms with Crippen LogP contribution in [-0.4, -0.2) is 56.3 Å². The Morgan fingerprint density at radius 2 is 1.78 bits per heavy atom. The number of carbonyl (C=O) groups excluding carboxylic acids is 1. The number of carbonyl (C=O) groups is 1. The molecular formula is C24H25BrN2O5. The lowest BCUT2D eigenvalue weighted by Gasteiger charge is -2.19. The predicted octanol–water partition coefficient (Wildman–Crippen LogP) is 4.85. The van der Waals surface area contributed by atoms with Crippen molar-refractivity contribution >= 4 is 39.3 Å². The fourth-order valence-corrected chi connectivity index (χ4v) is 4.07. The van der Waals surface area contributed by atoms with Gasteiger partial charge in [-0.3, -0.25) is 9.79 Å². The van der Waals surface area contributed by atoms with Crippen LogP contribution in [0.1, 0.15) is 28.8 Å². The van der Waals surface area contributed by atoms with E-state index in [9.17, 15) is 4.79 Å². The number of ether oxygens (including phenoxy) is 4. The largest absolute Gasteiger partial charge is 0.493 e. The molecule has 0 fully saturated rings. The molecule has 2 aliphatic heterocycles. The number of amides is 1. The molecule has 2 aromatic carbocycles. The molecule has 2 aliphatic rings. The van der Waals surface area contributed by atoms with Gasteiger partial charge in [-0.1, -0.05) is 22.0 Å². The third-order valence-electron chi connectivity index (χ3n) is 5.50. The van der Waals surface area contributed by atoms with Gasteiger partial charge in [-0.2, -0.15) is 0 Å². The maximum absolute atomic E-state index is 13.4. The monoisotopic (exact) mass is 500 g/mol. The second-order valence-corrected chi connectivity index (χ2v) is 8.19. The molecule has 2 heterocycles. The molecule has 0 N–H and O–H groups in total. The number of hydrogen-bond donors (Lipinski definition) is 0. The van der Waals surface area contributed by atoms with Crippen molar-refractivity contribution in [2.24, 2.45) is 4.99 Å². The average molecular weight is 501 g/mol. The van der Waals surface area contributed by atoms with E-state index >= 15 is 0 Å². The molecule has 7 nitrogen and oxygen atoms in total. The third kappa shape index (κ3) is 4.19. The second kappa shape index (κ2) is 9.65. The summed E-state index contributed by atoms with van der Waals surface area (Å²) in [4.78, 5) is 19.8. The Balaban J connectivity index is 1.65. The van der Waals surface area contributed by atoms with Crippen LogP contribution in [0, 0.1) is 0 Å². The second-order valence-electron chi connectivity index (χ2n) is 7.40. The highest BCUT2D eigenvalue weighted by Crippen LogP contribution is 2.40. The molecule has 0 radical (unpaired) electrons. The van der Waals surface area contributed by atoms with Gasteiger partial charge in [-0.15, -0.1) is 0 Å². The minimum absolute atomic E-state index is 0.122. The molecule has 1 unspecified atom stereocenters. The first kappa shape index (κ1) is 22.2. The van der Waals surface area contributed by atoms with Crippen LogP contribution in [0.5, 0.6) is 23.0 Å². The highest BCUT2D eigenvalue weighted by atomic mass is 79.9. The van der Waals surface area contributed by atoms with E-state index in [1.54, 1.807) is 38.4 Å². The first-order chi connectivity index (χ1) is 15.6. The van der Waals surface area contributed by atoms with E-state index in [0.717, 1.165) is 22.9 Å². The first-order valence-corrected chi connectivity index (χ1v) is 11.4. The van der Waals surface area contributed by atoms with E-state index in [4.69, 9.17) is 18.9 Å². The number of hydrogen-bond acceptors (Lipinski definition) is 6. The third-order valence-corrected chi connectivity index (χ3v) is 6.06. The van der Waals surface area contributed by atoms with Gasteiger partial charge < -0.3 is 23.8 Å². The van der Waals surface area contributed by atoms with Crippen molar-refractivity contribution < 1.29 is 23.7 Å². The number of fused-ring (bicyclic) bond motifs is 2. The summed E-state index contributed by atoms with van der Waals surface area (Å²) in [7, 11) is 4.78. The van der Waals surface area contributed by atoms with E-state index in [0.29, 0.717) is 47.3 Å². The van der Waals surface area contributed by atoms with Crippen LogP contribution in [0.2, 0.25) is 0 Å². The number of halogens is 1. The summed E-state index contributed by atoms with van der Waals surface area (Å²) < 4.78 is 22.1. The first-order valence-electron chi connectivity index (χ1n) is 10.3. The van der Waals surface area contributed by atoms with Crippen LogP contribution in [0.15, 0.2) is 41.5 Å². The van der Waals surface area contributed by atoms with Gasteiger partial charge in [-0.25, -0.2) is 0 Å². The van der Waals surface area contributed by atoms with Crippen LogP contribution in [0.4, 0.5) is 5.69 Å². The molecule has 168 valence electrons. The van der Waals surface area contributed by atoms with Crippen molar-refractivity contribution in [3.05, 3.63) is 47.7 Å². The summed E-state index contributed by atoms with van der Waals surface area (Å²) in [5.41, 5.74) is 3.07. The molecule has 0 aromatic heterocycles. The Morgan fingerprint density at radius 3 is 2.50 bits per heavy atom. The molecule has 4 rings (SSSR count). The van der Waals surface area contributed by atoms with E-state index in [-0.39, 0.29) is 11.9 Å². The zero-order chi connectivity index (χ0) is 22.7. The van der Waals surface area contributed by atoms with Gasteiger partial charge >= 0.3 is 0 Å². The zero-order valence-electron chi connectivity index (χ0n) is 18.3. The Hall–Kier alpha value is -3.00. The van der Waals surface area contributed by atoms with Crippen molar-refractivity contribution in [3.63, 3.8) is 0 Å². The van der Waals surface area contributed by atoms with Crippen LogP contribution in [-0.2, 0) is 0 Å². The van der Waals surface area contributed by atoms with Crippen molar-refractivity contribution in [1.82, 2.24) is 4.90 Å². The van der Waals surface area contributed by atoms with Crippen LogP contribution >= 0.6 is 15.9 Å². The highest BCUT2D eigenvalue weighted by molar-refractivity contribution is 9.09. The van der Waals surface area contributed by atoms with Crippen molar-refractivity contribution in [1.29, 1.82) is 0 Å². The number of alkyl halides is 1. The standard InChI is InChI=1S/C24H25BrN2O5/c1-29-20-6-5-15(10-21(20)30-2)16-9-17-13-26-19-12-23(32-8-4-7-25)22(31-3)11-18(19)24(28)27(17)14-16/h5-6,10-14,17H,4,7-9H2,1-3H3. The molecule has 2 aromatic rings. The summed E-state index contributed by atoms with van der Waals surface area (Å²) in [5, 5.41) is 0.849. The number of methoxy groups -OCH3 is 3. The molecule has 0 saturated carbocycles. The number of aliphatic imine (C=N–C) groups is 1. The van der Waals surface area contributed by atoms with Gasteiger partial charge in [0.1, 0.15) is 0 Å². The molecule has 1 atom stereocenters. The van der Waals surface area contributed by atoms with Crippen molar-refractivity contribution in [2.45, 2.75) is 18.9 Å². The summed E-state index contributed by atoms with van der Waals surface area (Å²) in [6.45, 7) is 0.546. The minimum Gasteiger partial charge on any atom is -0.493 e. The lowest BCUT2D eigenvalue weighted by molar-refractivity contribution is 0.0817. The minimum atomic E-state index is -0.165. The SMILES string of the molecule is COc1ccc(C2=CN3C(=O)c4cc(OC)c(OCCCBr)cc4N=CC3C2)cc1OC. The Morgan fingerprint density at radius 1 is 1.03 bits per heavy atom. The fraction of sp³-hybridized carbons (Fsp3) is 0.333. The molecule has 0 spiro atoms. The molecule has 0 aliphatic carbocycles. The summed E-state index contributed by atoms with van der Waals surface area (Å²) in [6.07, 6.45) is 5.23. The van der Waals surface area contributed by atoms with Crippen LogP contribution in [0.3, 0.4) is 0 Å².